The van der Waals surface area contributed by atoms with E-state index in [1.165, 1.54) is 17.8 Å². The highest BCUT2D eigenvalue weighted by molar-refractivity contribution is 8.00. The van der Waals surface area contributed by atoms with E-state index >= 15 is 0 Å². The summed E-state index contributed by atoms with van der Waals surface area (Å²) < 4.78 is 14.2. The van der Waals surface area contributed by atoms with Crippen LogP contribution in [0.4, 0.5) is 10.1 Å². The van der Waals surface area contributed by atoms with Crippen molar-refractivity contribution in [2.75, 3.05) is 17.6 Å². The lowest BCUT2D eigenvalue weighted by atomic mass is 9.84. The van der Waals surface area contributed by atoms with E-state index in [-0.39, 0.29) is 29.9 Å². The first-order valence-electron chi connectivity index (χ1n) is 10.4. The van der Waals surface area contributed by atoms with E-state index in [0.29, 0.717) is 16.0 Å². The van der Waals surface area contributed by atoms with Gasteiger partial charge in [0.2, 0.25) is 5.91 Å². The minimum Gasteiger partial charge on any atom is -0.351 e. The Balaban J connectivity index is 1.61. The average molecular weight is 451 g/mol. The first-order valence-corrected chi connectivity index (χ1v) is 11.4. The quantitative estimate of drug-likeness (QED) is 0.441. The van der Waals surface area contributed by atoms with E-state index in [9.17, 15) is 14.0 Å². The number of hydrogen-bond acceptors (Lipinski definition) is 3. The van der Waals surface area contributed by atoms with Gasteiger partial charge in [0.25, 0.3) is 5.91 Å². The molecule has 0 bridgehead atoms. The van der Waals surface area contributed by atoms with Crippen molar-refractivity contribution in [1.29, 1.82) is 0 Å². The van der Waals surface area contributed by atoms with Crippen LogP contribution in [-0.2, 0) is 10.2 Å². The van der Waals surface area contributed by atoms with E-state index in [0.717, 1.165) is 11.3 Å². The van der Waals surface area contributed by atoms with Crippen molar-refractivity contribution in [2.45, 2.75) is 31.1 Å². The number of rotatable bonds is 8. The summed E-state index contributed by atoms with van der Waals surface area (Å²) in [6.45, 7) is 6.05. The second-order valence-electron chi connectivity index (χ2n) is 8.25. The molecule has 4 nitrogen and oxygen atoms in total. The normalized spacial score (nSPS) is 11.1. The van der Waals surface area contributed by atoms with Crippen molar-refractivity contribution in [2.24, 2.45) is 0 Å². The van der Waals surface area contributed by atoms with Gasteiger partial charge in [0.05, 0.1) is 11.3 Å². The Labute approximate surface area is 192 Å². The van der Waals surface area contributed by atoms with Gasteiger partial charge in [0.15, 0.2) is 0 Å². The van der Waals surface area contributed by atoms with Crippen LogP contribution in [0.15, 0.2) is 77.7 Å². The van der Waals surface area contributed by atoms with Gasteiger partial charge in [0, 0.05) is 22.5 Å². The molecule has 3 aromatic carbocycles. The highest BCUT2D eigenvalue weighted by Crippen LogP contribution is 2.26. The summed E-state index contributed by atoms with van der Waals surface area (Å²) in [5.74, 6) is -0.507. The summed E-state index contributed by atoms with van der Waals surface area (Å²) >= 11 is 1.31. The van der Waals surface area contributed by atoms with Crippen LogP contribution in [0.5, 0.6) is 0 Å². The van der Waals surface area contributed by atoms with Gasteiger partial charge in [-0.2, -0.15) is 0 Å². The number of halogens is 1. The molecule has 0 unspecified atom stereocenters. The summed E-state index contributed by atoms with van der Waals surface area (Å²) in [6.07, 6.45) is 0. The Kier molecular flexibility index (Phi) is 7.70. The summed E-state index contributed by atoms with van der Waals surface area (Å²) in [5, 5.41) is 5.78. The third kappa shape index (κ3) is 6.20. The molecule has 0 spiro atoms. The van der Waals surface area contributed by atoms with Crippen LogP contribution in [0.1, 0.15) is 35.3 Å². The van der Waals surface area contributed by atoms with Gasteiger partial charge in [0.1, 0.15) is 5.82 Å². The molecule has 3 aromatic rings. The molecule has 0 aliphatic carbocycles. The maximum absolute atomic E-state index is 14.2. The predicted octanol–water partition coefficient (Wildman–Crippen LogP) is 5.57. The van der Waals surface area contributed by atoms with Crippen LogP contribution in [0, 0.1) is 12.7 Å². The molecule has 0 atom stereocenters. The van der Waals surface area contributed by atoms with E-state index in [4.69, 9.17) is 0 Å². The molecule has 0 aromatic heterocycles. The minimum atomic E-state index is -0.572. The molecule has 0 radical (unpaired) electrons. The van der Waals surface area contributed by atoms with Gasteiger partial charge in [-0.25, -0.2) is 4.39 Å². The van der Waals surface area contributed by atoms with Crippen LogP contribution in [0.25, 0.3) is 0 Å². The maximum atomic E-state index is 14.2. The topological polar surface area (TPSA) is 58.2 Å². The fourth-order valence-corrected chi connectivity index (χ4v) is 4.11. The number of carbonyl (C=O) groups is 2. The largest absolute Gasteiger partial charge is 0.351 e. The molecule has 2 N–H and O–H groups in total. The van der Waals surface area contributed by atoms with Gasteiger partial charge in [-0.3, -0.25) is 9.59 Å². The lowest BCUT2D eigenvalue weighted by molar-refractivity contribution is -0.113. The number of thioether (sulfide) groups is 1. The number of hydrogen-bond donors (Lipinski definition) is 2. The maximum Gasteiger partial charge on any atom is 0.252 e. The molecule has 0 fully saturated rings. The zero-order chi connectivity index (χ0) is 23.1. The molecular formula is C26H27FN2O2S. The molecular weight excluding hydrogens is 423 g/mol. The molecule has 0 heterocycles. The molecule has 0 aliphatic rings. The predicted molar refractivity (Wildman–Crippen MR) is 129 cm³/mol. The first-order chi connectivity index (χ1) is 15.3. The number of anilines is 1. The summed E-state index contributed by atoms with van der Waals surface area (Å²) in [7, 11) is 0. The van der Waals surface area contributed by atoms with Crippen LogP contribution in [0.3, 0.4) is 0 Å². The van der Waals surface area contributed by atoms with Crippen molar-refractivity contribution in [3.8, 4) is 0 Å². The van der Waals surface area contributed by atoms with Gasteiger partial charge in [-0.05, 0) is 42.8 Å². The molecule has 32 heavy (non-hydrogen) atoms. The lowest BCUT2D eigenvalue weighted by Crippen LogP contribution is -2.37. The molecule has 3 rings (SSSR count). The molecule has 0 saturated heterocycles. The number of aryl methyl sites for hydroxylation is 1. The number of amides is 2. The molecule has 0 saturated carbocycles. The lowest BCUT2D eigenvalue weighted by Gasteiger charge is -2.26. The zero-order valence-corrected chi connectivity index (χ0v) is 19.3. The van der Waals surface area contributed by atoms with Crippen LogP contribution >= 0.6 is 11.8 Å². The molecule has 166 valence electrons. The van der Waals surface area contributed by atoms with Crippen molar-refractivity contribution in [3.05, 3.63) is 95.3 Å². The summed E-state index contributed by atoms with van der Waals surface area (Å²) in [6, 6.07) is 21.3. The van der Waals surface area contributed by atoms with Crippen LogP contribution < -0.4 is 10.6 Å². The number of benzene rings is 3. The van der Waals surface area contributed by atoms with E-state index in [2.05, 4.69) is 10.6 Å². The van der Waals surface area contributed by atoms with E-state index in [1.54, 1.807) is 30.3 Å². The highest BCUT2D eigenvalue weighted by atomic mass is 32.2. The van der Waals surface area contributed by atoms with E-state index < -0.39 is 5.41 Å². The molecule has 0 aliphatic heterocycles. The Morgan fingerprint density at radius 3 is 2.31 bits per heavy atom. The van der Waals surface area contributed by atoms with Gasteiger partial charge < -0.3 is 10.6 Å². The fraction of sp³-hybridized carbons (Fsp3) is 0.231. The highest BCUT2D eigenvalue weighted by Gasteiger charge is 2.25. The van der Waals surface area contributed by atoms with Gasteiger partial charge in [-0.15, -0.1) is 11.8 Å². The van der Waals surface area contributed by atoms with Gasteiger partial charge in [-0.1, -0.05) is 61.9 Å². The second-order valence-corrected chi connectivity index (χ2v) is 9.26. The van der Waals surface area contributed by atoms with Crippen molar-refractivity contribution >= 4 is 29.3 Å². The fourth-order valence-electron chi connectivity index (χ4n) is 3.26. The Morgan fingerprint density at radius 1 is 0.938 bits per heavy atom. The van der Waals surface area contributed by atoms with Crippen molar-refractivity contribution in [3.63, 3.8) is 0 Å². The Hall–Kier alpha value is -3.12. The average Bonchev–Trinajstić information content (AvgIpc) is 2.78. The summed E-state index contributed by atoms with van der Waals surface area (Å²) in [4.78, 5) is 25.9. The minimum absolute atomic E-state index is 0.144. The van der Waals surface area contributed by atoms with Crippen LogP contribution in [0.2, 0.25) is 0 Å². The number of nitrogens with one attached hydrogen (secondary N) is 2. The third-order valence-electron chi connectivity index (χ3n) is 5.12. The first kappa shape index (κ1) is 23.5. The second kappa shape index (κ2) is 10.5. The standard InChI is InChI=1S/C26H27FN2O2S/c1-18-12-14-19(15-13-18)29-24(30)16-32-23-11-7-4-8-20(23)25(31)28-17-26(2,3)21-9-5-6-10-22(21)27/h4-15H,16-17H2,1-3H3,(H,28,31)(H,29,30). The van der Waals surface area contributed by atoms with E-state index in [1.807, 2.05) is 57.2 Å². The smallest absolute Gasteiger partial charge is 0.252 e. The summed E-state index contributed by atoms with van der Waals surface area (Å²) in [5.41, 5.74) is 2.33. The SMILES string of the molecule is Cc1ccc(NC(=O)CSc2ccccc2C(=O)NCC(C)(C)c2ccccc2F)cc1. The monoisotopic (exact) mass is 450 g/mol. The number of carbonyl (C=O) groups excluding carboxylic acids is 2. The Bertz CT molecular complexity index is 1100. The molecule has 6 heteroatoms. The van der Waals surface area contributed by atoms with Crippen LogP contribution in [-0.4, -0.2) is 24.1 Å². The third-order valence-corrected chi connectivity index (χ3v) is 6.19. The molecule has 2 amide bonds. The van der Waals surface area contributed by atoms with Crippen molar-refractivity contribution in [1.82, 2.24) is 5.32 Å². The zero-order valence-electron chi connectivity index (χ0n) is 18.4. The Morgan fingerprint density at radius 2 is 1.59 bits per heavy atom. The van der Waals surface area contributed by atoms with Gasteiger partial charge >= 0.3 is 0 Å². The van der Waals surface area contributed by atoms with Crippen molar-refractivity contribution < 1.29 is 14.0 Å².